The lowest BCUT2D eigenvalue weighted by Crippen LogP contribution is -2.37. The Bertz CT molecular complexity index is 432. The molecule has 1 aliphatic rings. The molecule has 0 saturated heterocycles. The molecule has 1 aliphatic carbocycles. The fourth-order valence-electron chi connectivity index (χ4n) is 3.21. The molecule has 2 rings (SSSR count). The normalized spacial score (nSPS) is 19.2. The Morgan fingerprint density at radius 2 is 2.14 bits per heavy atom. The Kier molecular flexibility index (Phi) is 7.33. The summed E-state index contributed by atoms with van der Waals surface area (Å²) in [5, 5.41) is 19.3. The number of benzene rings is 1. The number of rotatable bonds is 9. The molecule has 0 fully saturated rings. The van der Waals surface area contributed by atoms with E-state index in [1.54, 1.807) is 0 Å². The molecule has 0 heterocycles. The van der Waals surface area contributed by atoms with Crippen LogP contribution in [-0.4, -0.2) is 54.1 Å². The van der Waals surface area contributed by atoms with Gasteiger partial charge in [-0.25, -0.2) is 0 Å². The van der Waals surface area contributed by atoms with E-state index in [1.165, 1.54) is 11.1 Å². The van der Waals surface area contributed by atoms with Crippen LogP contribution < -0.4 is 0 Å². The van der Waals surface area contributed by atoms with Gasteiger partial charge in [-0.2, -0.15) is 0 Å². The Labute approximate surface area is 133 Å². The molecule has 0 aliphatic heterocycles. The molecule has 0 aromatic heterocycles. The highest BCUT2D eigenvalue weighted by Crippen LogP contribution is 2.32. The van der Waals surface area contributed by atoms with Crippen LogP contribution in [0.25, 0.3) is 0 Å². The Hall–Kier alpha value is -0.940. The molecule has 0 spiro atoms. The van der Waals surface area contributed by atoms with Crippen LogP contribution >= 0.6 is 0 Å². The van der Waals surface area contributed by atoms with Gasteiger partial charge in [0.15, 0.2) is 0 Å². The fourth-order valence-corrected chi connectivity index (χ4v) is 3.21. The van der Waals surface area contributed by atoms with E-state index >= 15 is 0 Å². The van der Waals surface area contributed by atoms with Crippen LogP contribution in [0.5, 0.6) is 0 Å². The minimum atomic E-state index is -0.507. The van der Waals surface area contributed by atoms with E-state index in [0.717, 1.165) is 32.2 Å². The molecule has 2 N–H and O–H groups in total. The maximum atomic E-state index is 10.2. The summed E-state index contributed by atoms with van der Waals surface area (Å²) in [6, 6.07) is 8.45. The SMILES string of the molecule is CCCN(CCO)C[C@H](O)CO[C@@H]1CCCc2ccccc21. The number of aryl methyl sites for hydroxylation is 1. The van der Waals surface area contributed by atoms with Crippen molar-refractivity contribution in [2.75, 3.05) is 32.8 Å². The number of fused-ring (bicyclic) bond motifs is 1. The summed E-state index contributed by atoms with van der Waals surface area (Å²) in [5.74, 6) is 0. The van der Waals surface area contributed by atoms with Gasteiger partial charge in [0.25, 0.3) is 0 Å². The van der Waals surface area contributed by atoms with E-state index in [0.29, 0.717) is 19.7 Å². The molecule has 4 heteroatoms. The first-order chi connectivity index (χ1) is 10.7. The van der Waals surface area contributed by atoms with Crippen LogP contribution in [0, 0.1) is 0 Å². The van der Waals surface area contributed by atoms with E-state index in [-0.39, 0.29) is 12.7 Å². The predicted octanol–water partition coefficient (Wildman–Crippen LogP) is 2.15. The van der Waals surface area contributed by atoms with Gasteiger partial charge in [-0.3, -0.25) is 4.90 Å². The second-order valence-corrected chi connectivity index (χ2v) is 6.09. The summed E-state index contributed by atoms with van der Waals surface area (Å²) in [7, 11) is 0. The molecule has 0 amide bonds. The number of aliphatic hydroxyl groups is 2. The van der Waals surface area contributed by atoms with Crippen LogP contribution in [0.4, 0.5) is 0 Å². The van der Waals surface area contributed by atoms with Gasteiger partial charge in [0.05, 0.1) is 25.4 Å². The van der Waals surface area contributed by atoms with Crippen molar-refractivity contribution >= 4 is 0 Å². The van der Waals surface area contributed by atoms with Gasteiger partial charge in [0, 0.05) is 13.1 Å². The zero-order valence-corrected chi connectivity index (χ0v) is 13.6. The average molecular weight is 307 g/mol. The number of hydrogen-bond donors (Lipinski definition) is 2. The van der Waals surface area contributed by atoms with Crippen molar-refractivity contribution in [3.05, 3.63) is 35.4 Å². The predicted molar refractivity (Wildman–Crippen MR) is 87.9 cm³/mol. The molecule has 0 unspecified atom stereocenters. The van der Waals surface area contributed by atoms with Gasteiger partial charge in [-0.05, 0) is 43.4 Å². The number of hydrogen-bond acceptors (Lipinski definition) is 4. The largest absolute Gasteiger partial charge is 0.395 e. The molecule has 0 bridgehead atoms. The number of nitrogens with zero attached hydrogens (tertiary/aromatic N) is 1. The molecule has 1 aromatic carbocycles. The summed E-state index contributed by atoms with van der Waals surface area (Å²) >= 11 is 0. The topological polar surface area (TPSA) is 52.9 Å². The quantitative estimate of drug-likeness (QED) is 0.734. The molecular formula is C18H29NO3. The molecule has 0 saturated carbocycles. The van der Waals surface area contributed by atoms with E-state index in [4.69, 9.17) is 9.84 Å². The second kappa shape index (κ2) is 9.26. The molecule has 124 valence electrons. The molecule has 2 atom stereocenters. The third-order valence-electron chi connectivity index (χ3n) is 4.23. The van der Waals surface area contributed by atoms with Crippen molar-refractivity contribution in [2.45, 2.75) is 44.8 Å². The van der Waals surface area contributed by atoms with Crippen LogP contribution in [-0.2, 0) is 11.2 Å². The first-order valence-corrected chi connectivity index (χ1v) is 8.45. The fraction of sp³-hybridized carbons (Fsp3) is 0.667. The maximum Gasteiger partial charge on any atom is 0.0900 e. The lowest BCUT2D eigenvalue weighted by molar-refractivity contribution is -0.0292. The Morgan fingerprint density at radius 1 is 1.32 bits per heavy atom. The van der Waals surface area contributed by atoms with Crippen molar-refractivity contribution in [1.82, 2.24) is 4.90 Å². The van der Waals surface area contributed by atoms with Crippen molar-refractivity contribution in [3.8, 4) is 0 Å². The Balaban J connectivity index is 1.82. The van der Waals surface area contributed by atoms with Gasteiger partial charge in [0.1, 0.15) is 0 Å². The van der Waals surface area contributed by atoms with E-state index in [9.17, 15) is 5.11 Å². The average Bonchev–Trinajstić information content (AvgIpc) is 2.53. The number of aliphatic hydroxyl groups excluding tert-OH is 2. The van der Waals surface area contributed by atoms with Crippen molar-refractivity contribution in [1.29, 1.82) is 0 Å². The van der Waals surface area contributed by atoms with E-state index in [2.05, 4.69) is 36.1 Å². The first-order valence-electron chi connectivity index (χ1n) is 8.45. The van der Waals surface area contributed by atoms with Gasteiger partial charge in [0.2, 0.25) is 0 Å². The minimum Gasteiger partial charge on any atom is -0.395 e. The highest BCUT2D eigenvalue weighted by Gasteiger charge is 2.21. The summed E-state index contributed by atoms with van der Waals surface area (Å²) < 4.78 is 5.99. The zero-order chi connectivity index (χ0) is 15.8. The Morgan fingerprint density at radius 3 is 2.91 bits per heavy atom. The van der Waals surface area contributed by atoms with Crippen molar-refractivity contribution < 1.29 is 14.9 Å². The van der Waals surface area contributed by atoms with Gasteiger partial charge >= 0.3 is 0 Å². The van der Waals surface area contributed by atoms with Crippen molar-refractivity contribution in [3.63, 3.8) is 0 Å². The summed E-state index contributed by atoms with van der Waals surface area (Å²) in [4.78, 5) is 2.09. The van der Waals surface area contributed by atoms with Crippen LogP contribution in [0.15, 0.2) is 24.3 Å². The first kappa shape index (κ1) is 17.4. The second-order valence-electron chi connectivity index (χ2n) is 6.09. The number of ether oxygens (including phenoxy) is 1. The summed E-state index contributed by atoms with van der Waals surface area (Å²) in [6.45, 7) is 4.64. The van der Waals surface area contributed by atoms with Crippen LogP contribution in [0.2, 0.25) is 0 Å². The minimum absolute atomic E-state index is 0.108. The molecule has 1 aromatic rings. The summed E-state index contributed by atoms with van der Waals surface area (Å²) in [6.07, 6.45) is 3.91. The molecular weight excluding hydrogens is 278 g/mol. The molecule has 22 heavy (non-hydrogen) atoms. The van der Waals surface area contributed by atoms with Crippen LogP contribution in [0.3, 0.4) is 0 Å². The van der Waals surface area contributed by atoms with E-state index < -0.39 is 6.10 Å². The maximum absolute atomic E-state index is 10.2. The summed E-state index contributed by atoms with van der Waals surface area (Å²) in [5.41, 5.74) is 2.66. The van der Waals surface area contributed by atoms with Gasteiger partial charge < -0.3 is 14.9 Å². The third-order valence-corrected chi connectivity index (χ3v) is 4.23. The van der Waals surface area contributed by atoms with Crippen LogP contribution in [0.1, 0.15) is 43.4 Å². The van der Waals surface area contributed by atoms with Crippen molar-refractivity contribution in [2.24, 2.45) is 0 Å². The van der Waals surface area contributed by atoms with E-state index in [1.807, 2.05) is 0 Å². The molecule has 0 radical (unpaired) electrons. The zero-order valence-electron chi connectivity index (χ0n) is 13.6. The standard InChI is InChI=1S/C18H29NO3/c1-2-10-19(11-12-20)13-16(21)14-22-18-9-5-7-15-6-3-4-8-17(15)18/h3-4,6,8,16,18,20-21H,2,5,7,9-14H2,1H3/t16-,18+/m0/s1. The highest BCUT2D eigenvalue weighted by molar-refractivity contribution is 5.31. The lowest BCUT2D eigenvalue weighted by atomic mass is 9.89. The third kappa shape index (κ3) is 5.06. The van der Waals surface area contributed by atoms with Gasteiger partial charge in [-0.15, -0.1) is 0 Å². The monoisotopic (exact) mass is 307 g/mol. The highest BCUT2D eigenvalue weighted by atomic mass is 16.5. The smallest absolute Gasteiger partial charge is 0.0900 e. The molecule has 4 nitrogen and oxygen atoms in total. The lowest BCUT2D eigenvalue weighted by Gasteiger charge is -2.28. The van der Waals surface area contributed by atoms with Gasteiger partial charge in [-0.1, -0.05) is 31.2 Å².